The van der Waals surface area contributed by atoms with E-state index in [4.69, 9.17) is 5.10 Å². The summed E-state index contributed by atoms with van der Waals surface area (Å²) in [5, 5.41) is 17.5. The molecule has 0 fully saturated rings. The Labute approximate surface area is 216 Å². The molecule has 5 heterocycles. The number of para-hydroxylation sites is 1. The lowest BCUT2D eigenvalue weighted by Crippen LogP contribution is -2.29. The van der Waals surface area contributed by atoms with Gasteiger partial charge in [-0.3, -0.25) is 14.5 Å². The lowest BCUT2D eigenvalue weighted by molar-refractivity contribution is 0.673. The molecule has 7 rings (SSSR count). The predicted molar refractivity (Wildman–Crippen MR) is 147 cm³/mol. The summed E-state index contributed by atoms with van der Waals surface area (Å²) in [6.45, 7) is 3.89. The summed E-state index contributed by atoms with van der Waals surface area (Å²) in [4.78, 5) is 26.1. The van der Waals surface area contributed by atoms with Crippen LogP contribution in [-0.4, -0.2) is 39.3 Å². The largest absolute Gasteiger partial charge is 0.360 e. The topological polar surface area (TPSA) is 122 Å². The molecule has 0 spiro atoms. The summed E-state index contributed by atoms with van der Waals surface area (Å²) < 4.78 is 3.32. The van der Waals surface area contributed by atoms with Crippen LogP contribution in [0.1, 0.15) is 24.4 Å². The van der Waals surface area contributed by atoms with Gasteiger partial charge in [0.25, 0.3) is 5.56 Å². The van der Waals surface area contributed by atoms with E-state index in [2.05, 4.69) is 36.5 Å². The van der Waals surface area contributed by atoms with E-state index in [1.165, 1.54) is 6.33 Å². The number of rotatable bonds is 5. The molecule has 2 aromatic carbocycles. The number of hydrogen-bond donors (Lipinski definition) is 3. The zero-order chi connectivity index (χ0) is 25.8. The lowest BCUT2D eigenvalue weighted by atomic mass is 10.0. The van der Waals surface area contributed by atoms with E-state index in [1.807, 2.05) is 81.0 Å². The molecule has 0 aliphatic rings. The van der Waals surface area contributed by atoms with Crippen LogP contribution in [-0.2, 0) is 0 Å². The highest BCUT2D eigenvalue weighted by Gasteiger charge is 2.22. The molecule has 0 bridgehead atoms. The van der Waals surface area contributed by atoms with Crippen molar-refractivity contribution in [3.8, 4) is 16.8 Å². The molecule has 7 aromatic rings. The Morgan fingerprint density at radius 3 is 2.74 bits per heavy atom. The van der Waals surface area contributed by atoms with Crippen molar-refractivity contribution in [2.75, 3.05) is 5.32 Å². The van der Waals surface area contributed by atoms with Crippen LogP contribution in [0.5, 0.6) is 0 Å². The first-order chi connectivity index (χ1) is 18.6. The van der Waals surface area contributed by atoms with Gasteiger partial charge in [-0.05, 0) is 49.2 Å². The Kier molecular flexibility index (Phi) is 4.87. The first-order valence-electron chi connectivity index (χ1n) is 12.3. The maximum Gasteiger partial charge on any atom is 0.282 e. The average Bonchev–Trinajstić information content (AvgIpc) is 3.68. The second-order valence-corrected chi connectivity index (χ2v) is 9.28. The fourth-order valence-corrected chi connectivity index (χ4v) is 5.10. The van der Waals surface area contributed by atoms with Crippen LogP contribution in [0.2, 0.25) is 0 Å². The van der Waals surface area contributed by atoms with Crippen molar-refractivity contribution < 1.29 is 0 Å². The minimum atomic E-state index is -0.374. The zero-order valence-electron chi connectivity index (χ0n) is 20.7. The van der Waals surface area contributed by atoms with E-state index < -0.39 is 0 Å². The van der Waals surface area contributed by atoms with Gasteiger partial charge in [-0.1, -0.05) is 30.3 Å². The van der Waals surface area contributed by atoms with E-state index in [9.17, 15) is 4.79 Å². The van der Waals surface area contributed by atoms with Crippen molar-refractivity contribution in [2.45, 2.75) is 19.9 Å². The van der Waals surface area contributed by atoms with Gasteiger partial charge in [0, 0.05) is 23.3 Å². The standard InChI is InChI=1S/C28H23N9O/c1-16-11-12-36-24(16)28(38)37(18-7-4-3-5-8-18)27(35-36)17(2)33-26-23-21(13-29-25(23)30-15-31-26)19-9-6-10-22-20(19)14-32-34-22/h3-15,17H,1-2H3,(H,32,34)(H2,29,30,31,33). The Morgan fingerprint density at radius 2 is 1.87 bits per heavy atom. The number of benzene rings is 2. The van der Waals surface area contributed by atoms with E-state index in [-0.39, 0.29) is 11.6 Å². The molecule has 5 aromatic heterocycles. The molecule has 186 valence electrons. The molecule has 1 atom stereocenters. The van der Waals surface area contributed by atoms with Crippen LogP contribution in [0.15, 0.2) is 84.3 Å². The molecule has 0 radical (unpaired) electrons. The highest BCUT2D eigenvalue weighted by molar-refractivity contribution is 6.07. The summed E-state index contributed by atoms with van der Waals surface area (Å²) >= 11 is 0. The third-order valence-electron chi connectivity index (χ3n) is 6.91. The van der Waals surface area contributed by atoms with Gasteiger partial charge >= 0.3 is 0 Å². The SMILES string of the molecule is Cc1ccn2nc(C(C)Nc3ncnc4[nH]cc(-c5cccc6[nH]ncc56)c34)n(-c3ccccc3)c(=O)c12. The molecule has 10 nitrogen and oxygen atoms in total. The van der Waals surface area contributed by atoms with Crippen molar-refractivity contribution in [3.05, 3.63) is 101 Å². The van der Waals surface area contributed by atoms with Gasteiger partial charge in [0.05, 0.1) is 28.8 Å². The molecule has 10 heteroatoms. The maximum absolute atomic E-state index is 13.7. The molecule has 0 aliphatic heterocycles. The van der Waals surface area contributed by atoms with Gasteiger partial charge in [-0.15, -0.1) is 0 Å². The monoisotopic (exact) mass is 501 g/mol. The van der Waals surface area contributed by atoms with E-state index in [1.54, 1.807) is 9.08 Å². The molecular formula is C28H23N9O. The first-order valence-corrected chi connectivity index (χ1v) is 12.3. The summed E-state index contributed by atoms with van der Waals surface area (Å²) in [5.41, 5.74) is 5.66. The zero-order valence-corrected chi connectivity index (χ0v) is 20.7. The highest BCUT2D eigenvalue weighted by atomic mass is 16.1. The van der Waals surface area contributed by atoms with Crippen LogP contribution in [0.25, 0.3) is 44.3 Å². The fraction of sp³-hybridized carbons (Fsp3) is 0.107. The van der Waals surface area contributed by atoms with Crippen LogP contribution in [0.3, 0.4) is 0 Å². The number of aromatic amines is 2. The Morgan fingerprint density at radius 1 is 1.00 bits per heavy atom. The van der Waals surface area contributed by atoms with Gasteiger partial charge in [0.1, 0.15) is 23.3 Å². The minimum Gasteiger partial charge on any atom is -0.360 e. The summed E-state index contributed by atoms with van der Waals surface area (Å²) in [5.74, 6) is 1.20. The summed E-state index contributed by atoms with van der Waals surface area (Å²) in [6.07, 6.45) is 7.09. The van der Waals surface area contributed by atoms with Crippen LogP contribution >= 0.6 is 0 Å². The van der Waals surface area contributed by atoms with Gasteiger partial charge in [-0.25, -0.2) is 14.5 Å². The number of nitrogens with one attached hydrogen (secondary N) is 3. The van der Waals surface area contributed by atoms with Crippen molar-refractivity contribution in [3.63, 3.8) is 0 Å². The number of aromatic nitrogens is 8. The molecule has 3 N–H and O–H groups in total. The average molecular weight is 502 g/mol. The molecule has 0 aliphatic carbocycles. The Hall–Kier alpha value is -5.25. The quantitative estimate of drug-likeness (QED) is 0.312. The third-order valence-corrected chi connectivity index (χ3v) is 6.91. The Balaban J connectivity index is 1.39. The second-order valence-electron chi connectivity index (χ2n) is 9.28. The smallest absolute Gasteiger partial charge is 0.282 e. The number of nitrogens with zero attached hydrogens (tertiary/aromatic N) is 6. The molecule has 0 saturated heterocycles. The van der Waals surface area contributed by atoms with Crippen molar-refractivity contribution in [1.82, 2.24) is 39.3 Å². The van der Waals surface area contributed by atoms with Crippen LogP contribution in [0, 0.1) is 6.92 Å². The van der Waals surface area contributed by atoms with Gasteiger partial charge in [0.15, 0.2) is 5.82 Å². The maximum atomic E-state index is 13.7. The molecule has 0 amide bonds. The number of fused-ring (bicyclic) bond motifs is 3. The van der Waals surface area contributed by atoms with Crippen molar-refractivity contribution in [1.29, 1.82) is 0 Å². The van der Waals surface area contributed by atoms with E-state index in [0.717, 1.165) is 38.7 Å². The number of anilines is 1. The fourth-order valence-electron chi connectivity index (χ4n) is 5.10. The molecule has 1 unspecified atom stereocenters. The van der Waals surface area contributed by atoms with Crippen LogP contribution in [0.4, 0.5) is 5.82 Å². The van der Waals surface area contributed by atoms with E-state index in [0.29, 0.717) is 22.8 Å². The molecule has 38 heavy (non-hydrogen) atoms. The summed E-state index contributed by atoms with van der Waals surface area (Å²) in [7, 11) is 0. The highest BCUT2D eigenvalue weighted by Crippen LogP contribution is 2.36. The van der Waals surface area contributed by atoms with E-state index >= 15 is 0 Å². The normalized spacial score (nSPS) is 12.5. The number of H-pyrrole nitrogens is 2. The predicted octanol–water partition coefficient (Wildman–Crippen LogP) is 4.78. The van der Waals surface area contributed by atoms with Crippen LogP contribution < -0.4 is 10.9 Å². The lowest BCUT2D eigenvalue weighted by Gasteiger charge is -2.20. The minimum absolute atomic E-state index is 0.126. The number of aryl methyl sites for hydroxylation is 1. The van der Waals surface area contributed by atoms with Gasteiger partial charge < -0.3 is 10.3 Å². The van der Waals surface area contributed by atoms with Crippen molar-refractivity contribution in [2.24, 2.45) is 0 Å². The Bertz CT molecular complexity index is 2010. The molecule has 0 saturated carbocycles. The molecular weight excluding hydrogens is 478 g/mol. The second kappa shape index (κ2) is 8.41. The first kappa shape index (κ1) is 22.0. The van der Waals surface area contributed by atoms with Crippen molar-refractivity contribution >= 4 is 33.3 Å². The van der Waals surface area contributed by atoms with Gasteiger partial charge in [0.2, 0.25) is 0 Å². The third kappa shape index (κ3) is 3.30. The summed E-state index contributed by atoms with van der Waals surface area (Å²) in [6, 6.07) is 17.1. The number of hydrogen-bond acceptors (Lipinski definition) is 6. The van der Waals surface area contributed by atoms with Gasteiger partial charge in [-0.2, -0.15) is 10.2 Å².